The van der Waals surface area contributed by atoms with Crippen LogP contribution in [0.2, 0.25) is 6.55 Å². The minimum atomic E-state index is -2.76. The van der Waals surface area contributed by atoms with Crippen molar-refractivity contribution in [1.82, 2.24) is 4.98 Å². The number of aryl methyl sites for hydroxylation is 4. The highest BCUT2D eigenvalue weighted by atomic mass is 28.3. The van der Waals surface area contributed by atoms with Crippen molar-refractivity contribution < 1.29 is 17.2 Å². The van der Waals surface area contributed by atoms with Gasteiger partial charge in [0, 0.05) is 35.9 Å². The fourth-order valence-electron chi connectivity index (χ4n) is 5.50. The van der Waals surface area contributed by atoms with Crippen LogP contribution in [-0.2, 0) is 7.05 Å². The first kappa shape index (κ1) is 18.7. The number of benzene rings is 3. The van der Waals surface area contributed by atoms with Crippen LogP contribution in [0.15, 0.2) is 95.5 Å². The molecule has 4 nitrogen and oxygen atoms in total. The van der Waals surface area contributed by atoms with Crippen LogP contribution in [0.1, 0.15) is 24.9 Å². The zero-order chi connectivity index (χ0) is 32.3. The molecule has 5 heteroatoms. The monoisotopic (exact) mass is 530 g/mol. The van der Waals surface area contributed by atoms with Gasteiger partial charge < -0.3 is 4.42 Å². The summed E-state index contributed by atoms with van der Waals surface area (Å²) in [4.78, 5) is 9.08. The molecule has 0 atom stereocenters. The SMILES string of the molecule is [2H]C([2H])([2H])c1cc(-c2c(C)ccc3c2oc2nc([Si](C)(c4ccccc4)c4ccccc4)c([N+]#[C-])cc23)[n+](C)cc1C([2H])([2H])[2H]. The predicted molar refractivity (Wildman–Crippen MR) is 162 cm³/mol. The molecule has 39 heavy (non-hydrogen) atoms. The molecule has 3 aromatic carbocycles. The second-order valence-corrected chi connectivity index (χ2v) is 13.9. The number of hydrogen-bond donors (Lipinski definition) is 0. The second-order valence-electron chi connectivity index (χ2n) is 10.0. The average molecular weight is 531 g/mol. The Balaban J connectivity index is 1.66. The quantitative estimate of drug-likeness (QED) is 0.158. The van der Waals surface area contributed by atoms with Gasteiger partial charge in [-0.25, -0.2) is 14.4 Å². The van der Waals surface area contributed by atoms with Gasteiger partial charge in [0.15, 0.2) is 19.9 Å². The van der Waals surface area contributed by atoms with E-state index >= 15 is 0 Å². The van der Waals surface area contributed by atoms with Gasteiger partial charge in [0.1, 0.15) is 7.05 Å². The van der Waals surface area contributed by atoms with Gasteiger partial charge in [0.05, 0.1) is 12.1 Å². The molecule has 0 aliphatic carbocycles. The number of nitrogens with zero attached hydrogens (tertiary/aromatic N) is 3. The van der Waals surface area contributed by atoms with Gasteiger partial charge in [-0.15, -0.1) is 0 Å². The minimum absolute atomic E-state index is 0.220. The molecule has 6 aromatic rings. The molecular weight excluding hydrogens is 494 g/mol. The summed E-state index contributed by atoms with van der Waals surface area (Å²) in [5, 5.41) is 4.32. The Bertz CT molecular complexity index is 2090. The number of rotatable bonds is 4. The molecule has 0 spiro atoms. The Morgan fingerprint density at radius 2 is 1.54 bits per heavy atom. The number of fused-ring (bicyclic) bond motifs is 3. The van der Waals surface area contributed by atoms with E-state index < -0.39 is 21.8 Å². The molecular formula is C34H30N3OSi+. The maximum Gasteiger partial charge on any atom is 0.224 e. The van der Waals surface area contributed by atoms with E-state index in [2.05, 4.69) is 35.7 Å². The van der Waals surface area contributed by atoms with Gasteiger partial charge >= 0.3 is 0 Å². The van der Waals surface area contributed by atoms with Gasteiger partial charge in [-0.05, 0) is 48.2 Å². The lowest BCUT2D eigenvalue weighted by molar-refractivity contribution is -0.660. The van der Waals surface area contributed by atoms with Crippen LogP contribution >= 0.6 is 0 Å². The van der Waals surface area contributed by atoms with Crippen molar-refractivity contribution in [2.75, 3.05) is 0 Å². The lowest BCUT2D eigenvalue weighted by Crippen LogP contribution is -2.65. The summed E-state index contributed by atoms with van der Waals surface area (Å²) in [6.07, 6.45) is 1.37. The maximum atomic E-state index is 8.19. The number of pyridine rings is 2. The summed E-state index contributed by atoms with van der Waals surface area (Å²) >= 11 is 0. The molecule has 0 radical (unpaired) electrons. The Labute approximate surface area is 238 Å². The molecule has 0 unspecified atom stereocenters. The van der Waals surface area contributed by atoms with Crippen molar-refractivity contribution in [3.05, 3.63) is 119 Å². The van der Waals surface area contributed by atoms with Crippen molar-refractivity contribution in [2.24, 2.45) is 7.05 Å². The minimum Gasteiger partial charge on any atom is -0.437 e. The Morgan fingerprint density at radius 3 is 2.15 bits per heavy atom. The van der Waals surface area contributed by atoms with Gasteiger partial charge in [-0.2, -0.15) is 0 Å². The van der Waals surface area contributed by atoms with Crippen molar-refractivity contribution in [1.29, 1.82) is 0 Å². The molecule has 3 heterocycles. The summed E-state index contributed by atoms with van der Waals surface area (Å²) in [5.41, 5.74) is 2.81. The van der Waals surface area contributed by atoms with E-state index in [4.69, 9.17) is 24.2 Å². The number of hydrogen-bond acceptors (Lipinski definition) is 2. The summed E-state index contributed by atoms with van der Waals surface area (Å²) in [5.74, 6) is 0. The summed E-state index contributed by atoms with van der Waals surface area (Å²) in [7, 11) is -1.07. The predicted octanol–water partition coefficient (Wildman–Crippen LogP) is 6.05. The van der Waals surface area contributed by atoms with E-state index in [1.165, 1.54) is 12.3 Å². The van der Waals surface area contributed by atoms with E-state index in [0.717, 1.165) is 21.3 Å². The third-order valence-corrected chi connectivity index (χ3v) is 11.9. The number of furan rings is 1. The standard InChI is InChI=1S/C34H30N3OSi/c1-22-17-18-27-28-20-29(35-4)34(39(6,25-13-9-7-10-14-25)26-15-11-8-12-16-26)36-33(28)38-32(27)31(22)30-19-23(2)24(3)21-37(30)5/h7-21H,1-3,5-6H3/q+1/i2D3,3D3. The largest absolute Gasteiger partial charge is 0.437 e. The van der Waals surface area contributed by atoms with Crippen molar-refractivity contribution in [3.63, 3.8) is 0 Å². The molecule has 0 saturated heterocycles. The first-order valence-corrected chi connectivity index (χ1v) is 15.2. The van der Waals surface area contributed by atoms with E-state index in [0.29, 0.717) is 38.9 Å². The molecule has 6 rings (SSSR count). The van der Waals surface area contributed by atoms with Crippen LogP contribution in [0, 0.1) is 27.2 Å². The first-order valence-electron chi connectivity index (χ1n) is 15.7. The first-order chi connectivity index (χ1) is 21.2. The Morgan fingerprint density at radius 1 is 0.872 bits per heavy atom. The molecule has 0 bridgehead atoms. The van der Waals surface area contributed by atoms with Crippen molar-refractivity contribution >= 4 is 51.5 Å². The van der Waals surface area contributed by atoms with Crippen molar-refractivity contribution in [2.45, 2.75) is 27.2 Å². The van der Waals surface area contributed by atoms with E-state index in [1.807, 2.05) is 61.5 Å². The normalized spacial score (nSPS) is 14.6. The highest BCUT2D eigenvalue weighted by molar-refractivity contribution is 7.11. The van der Waals surface area contributed by atoms with Crippen LogP contribution < -0.4 is 20.3 Å². The third-order valence-electron chi connectivity index (χ3n) is 7.65. The maximum absolute atomic E-state index is 8.19. The zero-order valence-corrected chi connectivity index (χ0v) is 22.9. The Kier molecular flexibility index (Phi) is 4.47. The van der Waals surface area contributed by atoms with Gasteiger partial charge in [0.25, 0.3) is 0 Å². The smallest absolute Gasteiger partial charge is 0.224 e. The highest BCUT2D eigenvalue weighted by Crippen LogP contribution is 2.37. The van der Waals surface area contributed by atoms with Crippen molar-refractivity contribution in [3.8, 4) is 11.3 Å². The average Bonchev–Trinajstić information content (AvgIpc) is 3.37. The molecule has 0 N–H and O–H groups in total. The zero-order valence-electron chi connectivity index (χ0n) is 27.9. The lowest BCUT2D eigenvalue weighted by atomic mass is 9.99. The molecule has 0 aliphatic heterocycles. The molecule has 0 amide bonds. The molecule has 0 saturated carbocycles. The molecule has 0 fully saturated rings. The molecule has 190 valence electrons. The van der Waals surface area contributed by atoms with Crippen LogP contribution in [0.5, 0.6) is 0 Å². The fraction of sp³-hybridized carbons (Fsp3) is 0.147. The van der Waals surface area contributed by atoms with Crippen LogP contribution in [0.3, 0.4) is 0 Å². The van der Waals surface area contributed by atoms with Crippen LogP contribution in [0.4, 0.5) is 5.69 Å². The lowest BCUT2D eigenvalue weighted by Gasteiger charge is -2.29. The van der Waals surface area contributed by atoms with Crippen LogP contribution in [-0.4, -0.2) is 13.1 Å². The van der Waals surface area contributed by atoms with E-state index in [9.17, 15) is 0 Å². The number of aromatic nitrogens is 2. The fourth-order valence-corrected chi connectivity index (χ4v) is 9.07. The third kappa shape index (κ3) is 3.88. The van der Waals surface area contributed by atoms with E-state index in [-0.39, 0.29) is 11.1 Å². The topological polar surface area (TPSA) is 34.3 Å². The highest BCUT2D eigenvalue weighted by Gasteiger charge is 2.38. The summed E-state index contributed by atoms with van der Waals surface area (Å²) in [6.45, 7) is 7.03. The van der Waals surface area contributed by atoms with Gasteiger partial charge in [-0.3, -0.25) is 0 Å². The Hall–Kier alpha value is -4.53. The summed E-state index contributed by atoms with van der Waals surface area (Å²) in [6, 6.07) is 27.4. The summed E-state index contributed by atoms with van der Waals surface area (Å²) < 4.78 is 56.4. The van der Waals surface area contributed by atoms with Crippen LogP contribution in [0.25, 0.3) is 38.2 Å². The molecule has 3 aromatic heterocycles. The van der Waals surface area contributed by atoms with Gasteiger partial charge in [-0.1, -0.05) is 79.3 Å². The molecule has 0 aliphatic rings. The van der Waals surface area contributed by atoms with Gasteiger partial charge in [0.2, 0.25) is 17.1 Å². The van der Waals surface area contributed by atoms with E-state index in [1.54, 1.807) is 11.6 Å². The second kappa shape index (κ2) is 9.34.